The van der Waals surface area contributed by atoms with Gasteiger partial charge in [0.2, 0.25) is 23.5 Å². The molecule has 1 aliphatic carbocycles. The third-order valence-electron chi connectivity index (χ3n) is 7.60. The average Bonchev–Trinajstić information content (AvgIpc) is 2.92. The second-order valence-corrected chi connectivity index (χ2v) is 9.85. The van der Waals surface area contributed by atoms with Crippen LogP contribution in [0.3, 0.4) is 0 Å². The predicted octanol–water partition coefficient (Wildman–Crippen LogP) is 2.11. The molecule has 2 fully saturated rings. The SMILES string of the molecule is COc1cc(C(C(=O)N2CCCC[C@H]2C(=O)N[C@@H](CCO)C(N)=O)C2CCCCC2)cc(OC)c1OC. The van der Waals surface area contributed by atoms with E-state index in [0.29, 0.717) is 30.2 Å². The van der Waals surface area contributed by atoms with Crippen molar-refractivity contribution in [2.45, 2.75) is 75.8 Å². The smallest absolute Gasteiger partial charge is 0.243 e. The Morgan fingerprint density at radius 3 is 2.16 bits per heavy atom. The summed E-state index contributed by atoms with van der Waals surface area (Å²) >= 11 is 0. The van der Waals surface area contributed by atoms with Crippen LogP contribution in [0.2, 0.25) is 0 Å². The predicted molar refractivity (Wildman–Crippen MR) is 138 cm³/mol. The van der Waals surface area contributed by atoms with E-state index in [9.17, 15) is 19.5 Å². The highest BCUT2D eigenvalue weighted by molar-refractivity contribution is 5.93. The molecule has 0 spiro atoms. The van der Waals surface area contributed by atoms with Crippen molar-refractivity contribution in [3.05, 3.63) is 17.7 Å². The van der Waals surface area contributed by atoms with Crippen molar-refractivity contribution < 1.29 is 33.7 Å². The Balaban J connectivity index is 1.98. The van der Waals surface area contributed by atoms with Gasteiger partial charge in [0.05, 0.1) is 27.2 Å². The number of hydrogen-bond donors (Lipinski definition) is 3. The molecule has 1 heterocycles. The number of piperidine rings is 1. The highest BCUT2D eigenvalue weighted by Crippen LogP contribution is 2.45. The molecule has 3 amide bonds. The summed E-state index contributed by atoms with van der Waals surface area (Å²) in [4.78, 5) is 41.0. The summed E-state index contributed by atoms with van der Waals surface area (Å²) in [6, 6.07) is 1.97. The number of nitrogens with zero attached hydrogens (tertiary/aromatic N) is 1. The molecule has 0 radical (unpaired) electrons. The Hall–Kier alpha value is -3.01. The lowest BCUT2D eigenvalue weighted by Crippen LogP contribution is -2.57. The standard InChI is InChI=1S/C27H41N3O7/c1-35-21-15-18(16-22(36-2)24(21)37-3)23(17-9-5-4-6-10-17)27(34)30-13-8-7-11-20(30)26(33)29-19(12-14-31)25(28)32/h15-17,19-20,23,31H,4-14H2,1-3H3,(H2,28,32)(H,29,33)/t19-,20-,23?/m0/s1. The maximum absolute atomic E-state index is 14.3. The fourth-order valence-electron chi connectivity index (χ4n) is 5.69. The van der Waals surface area contributed by atoms with Gasteiger partial charge in [-0.1, -0.05) is 19.3 Å². The van der Waals surface area contributed by atoms with Crippen molar-refractivity contribution >= 4 is 17.7 Å². The van der Waals surface area contributed by atoms with Crippen LogP contribution >= 0.6 is 0 Å². The van der Waals surface area contributed by atoms with Gasteiger partial charge in [0.25, 0.3) is 0 Å². The number of methoxy groups -OCH3 is 3. The van der Waals surface area contributed by atoms with E-state index in [1.807, 2.05) is 12.1 Å². The lowest BCUT2D eigenvalue weighted by molar-refractivity contribution is -0.145. The van der Waals surface area contributed by atoms with Crippen LogP contribution < -0.4 is 25.3 Å². The number of rotatable bonds is 11. The molecule has 0 bridgehead atoms. The van der Waals surface area contributed by atoms with Crippen LogP contribution in [0.1, 0.15) is 69.3 Å². The normalized spacial score (nSPS) is 20.0. The molecule has 3 rings (SSSR count). The van der Waals surface area contributed by atoms with Gasteiger partial charge in [-0.15, -0.1) is 0 Å². The fraction of sp³-hybridized carbons (Fsp3) is 0.667. The van der Waals surface area contributed by atoms with Crippen molar-refractivity contribution in [2.75, 3.05) is 34.5 Å². The number of likely N-dealkylation sites (tertiary alicyclic amines) is 1. The van der Waals surface area contributed by atoms with Gasteiger partial charge in [0, 0.05) is 13.2 Å². The van der Waals surface area contributed by atoms with Crippen molar-refractivity contribution in [3.63, 3.8) is 0 Å². The minimum absolute atomic E-state index is 0.0257. The van der Waals surface area contributed by atoms with Crippen molar-refractivity contribution in [1.29, 1.82) is 0 Å². The van der Waals surface area contributed by atoms with E-state index < -0.39 is 29.8 Å². The molecule has 1 aliphatic heterocycles. The zero-order valence-corrected chi connectivity index (χ0v) is 22.2. The van der Waals surface area contributed by atoms with Gasteiger partial charge in [-0.05, 0) is 62.1 Å². The van der Waals surface area contributed by atoms with Gasteiger partial charge in [-0.25, -0.2) is 0 Å². The minimum Gasteiger partial charge on any atom is -0.493 e. The number of aliphatic hydroxyl groups is 1. The molecular weight excluding hydrogens is 478 g/mol. The van der Waals surface area contributed by atoms with Gasteiger partial charge in [-0.2, -0.15) is 0 Å². The third kappa shape index (κ3) is 6.66. The van der Waals surface area contributed by atoms with Crippen molar-refractivity contribution in [3.8, 4) is 17.2 Å². The molecule has 206 valence electrons. The van der Waals surface area contributed by atoms with Gasteiger partial charge in [0.1, 0.15) is 12.1 Å². The third-order valence-corrected chi connectivity index (χ3v) is 7.60. The number of ether oxygens (including phenoxy) is 3. The summed E-state index contributed by atoms with van der Waals surface area (Å²) in [6.07, 6.45) is 7.16. The number of benzene rings is 1. The Labute approximate surface area is 218 Å². The maximum Gasteiger partial charge on any atom is 0.243 e. The van der Waals surface area contributed by atoms with Gasteiger partial charge in [0.15, 0.2) is 11.5 Å². The first-order valence-corrected chi connectivity index (χ1v) is 13.2. The first-order chi connectivity index (χ1) is 17.9. The van der Waals surface area contributed by atoms with E-state index in [1.54, 1.807) is 19.1 Å². The van der Waals surface area contributed by atoms with Crippen LogP contribution in [0, 0.1) is 5.92 Å². The summed E-state index contributed by atoms with van der Waals surface area (Å²) in [5.74, 6) is -0.196. The van der Waals surface area contributed by atoms with Crippen LogP contribution in [0.5, 0.6) is 17.2 Å². The molecule has 1 unspecified atom stereocenters. The first kappa shape index (κ1) is 28.6. The molecule has 1 aromatic rings. The molecule has 0 aromatic heterocycles. The number of hydrogen-bond acceptors (Lipinski definition) is 7. The number of nitrogens with two attached hydrogens (primary N) is 1. The van der Waals surface area contributed by atoms with Crippen LogP contribution in [0.15, 0.2) is 12.1 Å². The van der Waals surface area contributed by atoms with Crippen LogP contribution in [-0.4, -0.2) is 74.3 Å². The monoisotopic (exact) mass is 519 g/mol. The minimum atomic E-state index is -0.986. The van der Waals surface area contributed by atoms with E-state index >= 15 is 0 Å². The Bertz CT molecular complexity index is 923. The lowest BCUT2D eigenvalue weighted by Gasteiger charge is -2.40. The van der Waals surface area contributed by atoms with E-state index in [1.165, 1.54) is 7.11 Å². The summed E-state index contributed by atoms with van der Waals surface area (Å²) < 4.78 is 16.6. The molecule has 1 saturated heterocycles. The topological polar surface area (TPSA) is 140 Å². The maximum atomic E-state index is 14.3. The summed E-state index contributed by atoms with van der Waals surface area (Å²) in [6.45, 7) is 0.165. The summed E-state index contributed by atoms with van der Waals surface area (Å²) in [5.41, 5.74) is 6.19. The van der Waals surface area contributed by atoms with E-state index in [0.717, 1.165) is 50.5 Å². The number of aliphatic hydroxyl groups excluding tert-OH is 1. The second-order valence-electron chi connectivity index (χ2n) is 9.85. The quantitative estimate of drug-likeness (QED) is 0.407. The lowest BCUT2D eigenvalue weighted by atomic mass is 9.75. The van der Waals surface area contributed by atoms with Gasteiger partial charge in [-0.3, -0.25) is 14.4 Å². The van der Waals surface area contributed by atoms with E-state index in [-0.39, 0.29) is 24.9 Å². The molecule has 10 heteroatoms. The van der Waals surface area contributed by atoms with Crippen LogP contribution in [0.25, 0.3) is 0 Å². The largest absolute Gasteiger partial charge is 0.493 e. The molecule has 1 aromatic carbocycles. The number of nitrogens with one attached hydrogen (secondary N) is 1. The summed E-state index contributed by atoms with van der Waals surface area (Å²) in [5, 5.41) is 11.9. The first-order valence-electron chi connectivity index (χ1n) is 13.2. The average molecular weight is 520 g/mol. The second kappa shape index (κ2) is 13.5. The molecule has 1 saturated carbocycles. The number of carbonyl (C=O) groups is 3. The Morgan fingerprint density at radius 1 is 1.00 bits per heavy atom. The highest BCUT2D eigenvalue weighted by atomic mass is 16.5. The van der Waals surface area contributed by atoms with Crippen molar-refractivity contribution in [2.24, 2.45) is 11.7 Å². The molecule has 4 N–H and O–H groups in total. The van der Waals surface area contributed by atoms with E-state index in [4.69, 9.17) is 19.9 Å². The molecule has 37 heavy (non-hydrogen) atoms. The van der Waals surface area contributed by atoms with E-state index in [2.05, 4.69) is 5.32 Å². The fourth-order valence-corrected chi connectivity index (χ4v) is 5.69. The number of carbonyl (C=O) groups excluding carboxylic acids is 3. The number of primary amides is 1. The Kier molecular flexibility index (Phi) is 10.4. The zero-order chi connectivity index (χ0) is 26.9. The van der Waals surface area contributed by atoms with Crippen molar-refractivity contribution in [1.82, 2.24) is 10.2 Å². The summed E-state index contributed by atoms with van der Waals surface area (Å²) in [7, 11) is 4.63. The number of amides is 3. The molecule has 3 atom stereocenters. The Morgan fingerprint density at radius 2 is 1.62 bits per heavy atom. The van der Waals surface area contributed by atoms with Gasteiger partial charge < -0.3 is 35.3 Å². The zero-order valence-electron chi connectivity index (χ0n) is 22.2. The molecule has 2 aliphatic rings. The van der Waals surface area contributed by atoms with Crippen LogP contribution in [-0.2, 0) is 14.4 Å². The molecular formula is C27H41N3O7. The highest BCUT2D eigenvalue weighted by Gasteiger charge is 2.40. The van der Waals surface area contributed by atoms with Crippen LogP contribution in [0.4, 0.5) is 0 Å². The van der Waals surface area contributed by atoms with Gasteiger partial charge >= 0.3 is 0 Å². The molecule has 10 nitrogen and oxygen atoms in total.